The monoisotopic (exact) mass is 334 g/mol. The van der Waals surface area contributed by atoms with Gasteiger partial charge in [0, 0.05) is 5.56 Å². The zero-order valence-corrected chi connectivity index (χ0v) is 12.1. The van der Waals surface area contributed by atoms with Crippen LogP contribution in [0.25, 0.3) is 0 Å². The van der Waals surface area contributed by atoms with E-state index in [0.29, 0.717) is 15.6 Å². The Morgan fingerprint density at radius 2 is 1.90 bits per heavy atom. The Hall–Kier alpha value is -0.890. The van der Waals surface area contributed by atoms with Crippen LogP contribution in [0.15, 0.2) is 18.2 Å². The summed E-state index contributed by atoms with van der Waals surface area (Å²) in [6.45, 7) is -0.373. The second kappa shape index (κ2) is 5.72. The Bertz CT molecular complexity index is 566. The fourth-order valence-electron chi connectivity index (χ4n) is 2.40. The number of carbonyl (C=O) groups excluding carboxylic acids is 1. The normalized spacial score (nSPS) is 35.4. The molecule has 0 amide bonds. The number of benzene rings is 1. The topological polar surface area (TPSA) is 85.2 Å². The summed E-state index contributed by atoms with van der Waals surface area (Å²) >= 11 is 11.8. The highest BCUT2D eigenvalue weighted by molar-refractivity contribution is 6.42. The molecule has 2 saturated heterocycles. The molecule has 2 aliphatic heterocycles. The first-order valence-corrected chi connectivity index (χ1v) is 7.02. The van der Waals surface area contributed by atoms with Gasteiger partial charge in [0.2, 0.25) is 0 Å². The molecule has 6 nitrogen and oxygen atoms in total. The Balaban J connectivity index is 1.87. The van der Waals surface area contributed by atoms with Crippen LogP contribution in [0.4, 0.5) is 0 Å². The summed E-state index contributed by atoms with van der Waals surface area (Å²) in [4.78, 5) is 11.4. The van der Waals surface area contributed by atoms with Gasteiger partial charge in [0.1, 0.15) is 12.2 Å². The number of rotatable bonds is 2. The van der Waals surface area contributed by atoms with Crippen molar-refractivity contribution in [3.63, 3.8) is 0 Å². The summed E-state index contributed by atoms with van der Waals surface area (Å²) in [5, 5.41) is 19.9. The van der Waals surface area contributed by atoms with E-state index < -0.39 is 36.7 Å². The largest absolute Gasteiger partial charge is 0.455 e. The van der Waals surface area contributed by atoms with Gasteiger partial charge in [-0.25, -0.2) is 4.79 Å². The van der Waals surface area contributed by atoms with Crippen LogP contribution in [0.2, 0.25) is 10.0 Å². The molecule has 114 valence electrons. The molecule has 2 heterocycles. The smallest absolute Gasteiger partial charge is 0.338 e. The zero-order chi connectivity index (χ0) is 15.1. The SMILES string of the molecule is O=C1O[C@H]2[C@H](OC(c3ccc(Cl)c(Cl)c3)O[C@H]2CO)[C@@H]1O. The van der Waals surface area contributed by atoms with E-state index in [1.165, 1.54) is 0 Å². The lowest BCUT2D eigenvalue weighted by molar-refractivity contribution is -0.288. The average molecular weight is 335 g/mol. The number of fused-ring (bicyclic) bond motifs is 1. The van der Waals surface area contributed by atoms with Crippen molar-refractivity contribution in [2.24, 2.45) is 0 Å². The van der Waals surface area contributed by atoms with E-state index in [1.807, 2.05) is 0 Å². The van der Waals surface area contributed by atoms with Gasteiger partial charge in [-0.2, -0.15) is 0 Å². The summed E-state index contributed by atoms with van der Waals surface area (Å²) in [7, 11) is 0. The van der Waals surface area contributed by atoms with Crippen LogP contribution < -0.4 is 0 Å². The number of aliphatic hydroxyl groups is 2. The van der Waals surface area contributed by atoms with Gasteiger partial charge in [0.15, 0.2) is 18.5 Å². The van der Waals surface area contributed by atoms with Crippen LogP contribution in [0.1, 0.15) is 11.9 Å². The Morgan fingerprint density at radius 3 is 2.57 bits per heavy atom. The van der Waals surface area contributed by atoms with Crippen LogP contribution in [0.3, 0.4) is 0 Å². The highest BCUT2D eigenvalue weighted by Crippen LogP contribution is 2.37. The predicted octanol–water partition coefficient (Wildman–Crippen LogP) is 1.05. The molecule has 1 unspecified atom stereocenters. The van der Waals surface area contributed by atoms with Crippen molar-refractivity contribution in [2.45, 2.75) is 30.7 Å². The molecule has 5 atom stereocenters. The van der Waals surface area contributed by atoms with Crippen molar-refractivity contribution in [1.29, 1.82) is 0 Å². The second-order valence-corrected chi connectivity index (χ2v) is 5.62. The molecule has 1 aromatic carbocycles. The number of halogens is 2. The number of hydrogen-bond donors (Lipinski definition) is 2. The van der Waals surface area contributed by atoms with Gasteiger partial charge in [0.25, 0.3) is 0 Å². The molecular weight excluding hydrogens is 323 g/mol. The molecule has 0 radical (unpaired) electrons. The molecule has 1 aromatic rings. The van der Waals surface area contributed by atoms with E-state index in [-0.39, 0.29) is 6.61 Å². The van der Waals surface area contributed by atoms with Crippen LogP contribution in [0.5, 0.6) is 0 Å². The van der Waals surface area contributed by atoms with Gasteiger partial charge in [0.05, 0.1) is 16.7 Å². The highest BCUT2D eigenvalue weighted by atomic mass is 35.5. The van der Waals surface area contributed by atoms with E-state index in [1.54, 1.807) is 18.2 Å². The number of hydrogen-bond acceptors (Lipinski definition) is 6. The van der Waals surface area contributed by atoms with Crippen molar-refractivity contribution in [3.8, 4) is 0 Å². The van der Waals surface area contributed by atoms with Gasteiger partial charge in [-0.3, -0.25) is 0 Å². The van der Waals surface area contributed by atoms with E-state index in [0.717, 1.165) is 0 Å². The molecule has 2 fully saturated rings. The summed E-state index contributed by atoms with van der Waals surface area (Å²) in [6.07, 6.45) is -4.82. The van der Waals surface area contributed by atoms with Crippen molar-refractivity contribution in [2.75, 3.05) is 6.61 Å². The van der Waals surface area contributed by atoms with Crippen molar-refractivity contribution < 1.29 is 29.2 Å². The maximum absolute atomic E-state index is 11.4. The summed E-state index contributed by atoms with van der Waals surface area (Å²) in [5.41, 5.74) is 0.563. The molecule has 0 aromatic heterocycles. The maximum Gasteiger partial charge on any atom is 0.338 e. The van der Waals surface area contributed by atoms with E-state index >= 15 is 0 Å². The van der Waals surface area contributed by atoms with Crippen LogP contribution in [0, 0.1) is 0 Å². The predicted molar refractivity (Wildman–Crippen MR) is 71.9 cm³/mol. The Kier molecular flexibility index (Phi) is 4.09. The zero-order valence-electron chi connectivity index (χ0n) is 10.6. The van der Waals surface area contributed by atoms with E-state index in [4.69, 9.17) is 37.4 Å². The lowest BCUT2D eigenvalue weighted by atomic mass is 10.0. The number of carbonyl (C=O) groups is 1. The van der Waals surface area contributed by atoms with Gasteiger partial charge >= 0.3 is 5.97 Å². The first-order chi connectivity index (χ1) is 10.0. The van der Waals surface area contributed by atoms with Crippen LogP contribution in [-0.4, -0.2) is 47.2 Å². The molecule has 8 heteroatoms. The van der Waals surface area contributed by atoms with Gasteiger partial charge in [-0.15, -0.1) is 0 Å². The van der Waals surface area contributed by atoms with Crippen molar-refractivity contribution in [3.05, 3.63) is 33.8 Å². The molecule has 3 rings (SSSR count). The lowest BCUT2D eigenvalue weighted by Crippen LogP contribution is -2.49. The maximum atomic E-state index is 11.4. The molecule has 2 aliphatic rings. The minimum atomic E-state index is -1.40. The summed E-state index contributed by atoms with van der Waals surface area (Å²) in [6, 6.07) is 4.80. The van der Waals surface area contributed by atoms with Crippen molar-refractivity contribution in [1.82, 2.24) is 0 Å². The number of ether oxygens (including phenoxy) is 3. The molecular formula is C13H12Cl2O6. The van der Waals surface area contributed by atoms with Crippen LogP contribution in [-0.2, 0) is 19.0 Å². The standard InChI is InChI=1S/C13H12Cl2O6/c14-6-2-1-5(3-7(6)15)13-19-8(4-16)10-11(21-13)9(17)12(18)20-10/h1-3,8-11,13,16-17H,4H2/t8-,9-,10+,11+,13?/m0/s1. The molecule has 0 bridgehead atoms. The first kappa shape index (κ1) is 15.0. The summed E-state index contributed by atoms with van der Waals surface area (Å²) < 4.78 is 16.1. The minimum Gasteiger partial charge on any atom is -0.455 e. The Labute approximate surface area is 130 Å². The Morgan fingerprint density at radius 1 is 1.14 bits per heavy atom. The van der Waals surface area contributed by atoms with Gasteiger partial charge in [-0.1, -0.05) is 29.3 Å². The molecule has 21 heavy (non-hydrogen) atoms. The van der Waals surface area contributed by atoms with E-state index in [2.05, 4.69) is 0 Å². The molecule has 2 N–H and O–H groups in total. The fraction of sp³-hybridized carbons (Fsp3) is 0.462. The highest BCUT2D eigenvalue weighted by Gasteiger charge is 2.53. The van der Waals surface area contributed by atoms with E-state index in [9.17, 15) is 15.0 Å². The van der Waals surface area contributed by atoms with Gasteiger partial charge in [-0.05, 0) is 12.1 Å². The average Bonchev–Trinajstić information content (AvgIpc) is 2.76. The molecule has 0 saturated carbocycles. The minimum absolute atomic E-state index is 0.323. The number of esters is 1. The number of aliphatic hydroxyl groups excluding tert-OH is 2. The molecule has 0 spiro atoms. The first-order valence-electron chi connectivity index (χ1n) is 6.26. The second-order valence-electron chi connectivity index (χ2n) is 4.81. The quantitative estimate of drug-likeness (QED) is 0.786. The fourth-order valence-corrected chi connectivity index (χ4v) is 2.70. The third-order valence-electron chi connectivity index (χ3n) is 3.47. The van der Waals surface area contributed by atoms with Gasteiger partial charge < -0.3 is 24.4 Å². The van der Waals surface area contributed by atoms with Crippen molar-refractivity contribution >= 4 is 29.2 Å². The molecule has 0 aliphatic carbocycles. The lowest BCUT2D eigenvalue weighted by Gasteiger charge is -2.37. The third-order valence-corrected chi connectivity index (χ3v) is 4.21. The third kappa shape index (κ3) is 2.63. The summed E-state index contributed by atoms with van der Waals surface area (Å²) in [5.74, 6) is -0.790. The van der Waals surface area contributed by atoms with Crippen LogP contribution >= 0.6 is 23.2 Å².